The second-order valence-electron chi connectivity index (χ2n) is 4.77. The summed E-state index contributed by atoms with van der Waals surface area (Å²) in [5.74, 6) is -0.450. The van der Waals surface area contributed by atoms with Gasteiger partial charge in [-0.25, -0.2) is 9.37 Å². The molecule has 0 amide bonds. The van der Waals surface area contributed by atoms with E-state index in [1.165, 1.54) is 12.1 Å². The number of nitrogens with two attached hydrogens (primary N) is 1. The number of pyridine rings is 1. The van der Waals surface area contributed by atoms with Gasteiger partial charge in [-0.15, -0.1) is 0 Å². The van der Waals surface area contributed by atoms with Gasteiger partial charge < -0.3 is 10.5 Å². The Morgan fingerprint density at radius 1 is 1.48 bits per heavy atom. The van der Waals surface area contributed by atoms with Crippen molar-refractivity contribution in [3.8, 4) is 17.2 Å². The lowest BCUT2D eigenvalue weighted by Gasteiger charge is -2.14. The van der Waals surface area contributed by atoms with Crippen molar-refractivity contribution in [3.63, 3.8) is 0 Å². The van der Waals surface area contributed by atoms with E-state index in [2.05, 4.69) is 4.98 Å². The van der Waals surface area contributed by atoms with Crippen molar-refractivity contribution in [2.45, 2.75) is 19.6 Å². The van der Waals surface area contributed by atoms with Gasteiger partial charge in [0.25, 0.3) is 0 Å². The molecule has 0 unspecified atom stereocenters. The number of hydrogen-bond acceptors (Lipinski definition) is 4. The molecule has 1 atom stereocenters. The molecule has 1 aliphatic heterocycles. The fourth-order valence-corrected chi connectivity index (χ4v) is 2.81. The first kappa shape index (κ1) is 13.8. The molecule has 3 rings (SSSR count). The van der Waals surface area contributed by atoms with Crippen molar-refractivity contribution in [3.05, 3.63) is 45.9 Å². The highest BCUT2D eigenvalue weighted by Gasteiger charge is 2.30. The van der Waals surface area contributed by atoms with Gasteiger partial charge >= 0.3 is 0 Å². The molecule has 1 aromatic heterocycles. The minimum atomic E-state index is -0.508. The van der Waals surface area contributed by atoms with Crippen LogP contribution in [0.5, 0.6) is 0 Å². The predicted molar refractivity (Wildman–Crippen MR) is 77.0 cm³/mol. The minimum Gasteiger partial charge on any atom is -0.383 e. The van der Waals surface area contributed by atoms with Crippen molar-refractivity contribution in [2.24, 2.45) is 0 Å². The zero-order chi connectivity index (χ0) is 15.1. The summed E-state index contributed by atoms with van der Waals surface area (Å²) in [6.07, 6.45) is -0.251. The molecule has 2 N–H and O–H groups in total. The SMILES string of the molecule is C[C@H]1OCc2c1nc(N)c(C#N)c2-c1c(F)cccc1Cl. The molecule has 0 aliphatic carbocycles. The molecule has 21 heavy (non-hydrogen) atoms. The van der Waals surface area contributed by atoms with Crippen LogP contribution in [0.4, 0.5) is 10.2 Å². The summed E-state index contributed by atoms with van der Waals surface area (Å²) in [5, 5.41) is 9.58. The van der Waals surface area contributed by atoms with Gasteiger partial charge in [-0.1, -0.05) is 17.7 Å². The van der Waals surface area contributed by atoms with Crippen LogP contribution in [0.2, 0.25) is 5.02 Å². The van der Waals surface area contributed by atoms with Crippen LogP contribution in [0.15, 0.2) is 18.2 Å². The first-order chi connectivity index (χ1) is 10.0. The van der Waals surface area contributed by atoms with Gasteiger partial charge in [0.15, 0.2) is 0 Å². The summed E-state index contributed by atoms with van der Waals surface area (Å²) in [7, 11) is 0. The Labute approximate surface area is 125 Å². The molecule has 0 radical (unpaired) electrons. The van der Waals surface area contributed by atoms with Crippen molar-refractivity contribution in [1.82, 2.24) is 4.98 Å². The van der Waals surface area contributed by atoms with Crippen LogP contribution >= 0.6 is 11.6 Å². The Morgan fingerprint density at radius 2 is 2.24 bits per heavy atom. The molecule has 4 nitrogen and oxygen atoms in total. The van der Waals surface area contributed by atoms with E-state index in [-0.39, 0.29) is 34.7 Å². The number of ether oxygens (including phenoxy) is 1. The summed E-state index contributed by atoms with van der Waals surface area (Å²) in [5.41, 5.74) is 7.81. The molecule has 0 spiro atoms. The molecule has 0 bridgehead atoms. The van der Waals surface area contributed by atoms with E-state index in [4.69, 9.17) is 22.1 Å². The molecule has 2 aromatic rings. The van der Waals surface area contributed by atoms with E-state index < -0.39 is 5.82 Å². The van der Waals surface area contributed by atoms with Crippen LogP contribution < -0.4 is 5.73 Å². The Kier molecular flexibility index (Phi) is 3.28. The lowest BCUT2D eigenvalue weighted by molar-refractivity contribution is 0.0780. The zero-order valence-corrected chi connectivity index (χ0v) is 11.9. The summed E-state index contributed by atoms with van der Waals surface area (Å²) in [4.78, 5) is 4.22. The van der Waals surface area contributed by atoms with E-state index in [0.717, 1.165) is 0 Å². The summed E-state index contributed by atoms with van der Waals surface area (Å²) in [6, 6.07) is 6.37. The molecule has 1 aliphatic rings. The Morgan fingerprint density at radius 3 is 2.90 bits per heavy atom. The smallest absolute Gasteiger partial charge is 0.142 e. The quantitative estimate of drug-likeness (QED) is 0.874. The molecular weight excluding hydrogens is 293 g/mol. The van der Waals surface area contributed by atoms with Gasteiger partial charge in [-0.3, -0.25) is 0 Å². The van der Waals surface area contributed by atoms with Crippen LogP contribution in [0, 0.1) is 17.1 Å². The first-order valence-electron chi connectivity index (χ1n) is 6.33. The van der Waals surface area contributed by atoms with E-state index in [9.17, 15) is 9.65 Å². The largest absolute Gasteiger partial charge is 0.383 e. The average Bonchev–Trinajstić information content (AvgIpc) is 2.80. The fourth-order valence-electron chi connectivity index (χ4n) is 2.56. The third-order valence-electron chi connectivity index (χ3n) is 3.55. The minimum absolute atomic E-state index is 0.0583. The highest BCUT2D eigenvalue weighted by atomic mass is 35.5. The highest BCUT2D eigenvalue weighted by Crippen LogP contribution is 2.42. The van der Waals surface area contributed by atoms with Crippen LogP contribution in [-0.4, -0.2) is 4.98 Å². The fraction of sp³-hybridized carbons (Fsp3) is 0.200. The molecule has 0 fully saturated rings. The number of nitrogens with zero attached hydrogens (tertiary/aromatic N) is 2. The van der Waals surface area contributed by atoms with Crippen LogP contribution in [0.25, 0.3) is 11.1 Å². The second kappa shape index (κ2) is 4.99. The standard InChI is InChI=1S/C15H11ClFN3O/c1-7-14-9(6-21-7)12(8(5-18)15(19)20-14)13-10(16)3-2-4-11(13)17/h2-4,7H,6H2,1H3,(H2,19,20)/t7-/m1/s1. The summed E-state index contributed by atoms with van der Waals surface area (Å²) < 4.78 is 19.8. The highest BCUT2D eigenvalue weighted by molar-refractivity contribution is 6.33. The number of nitrogen functional groups attached to an aromatic ring is 1. The van der Waals surface area contributed by atoms with Gasteiger partial charge in [-0.2, -0.15) is 5.26 Å². The van der Waals surface area contributed by atoms with Crippen molar-refractivity contribution in [2.75, 3.05) is 5.73 Å². The monoisotopic (exact) mass is 303 g/mol. The van der Waals surface area contributed by atoms with Crippen LogP contribution in [0.3, 0.4) is 0 Å². The zero-order valence-electron chi connectivity index (χ0n) is 11.2. The third kappa shape index (κ3) is 2.04. The van der Waals surface area contributed by atoms with Gasteiger partial charge in [0.1, 0.15) is 23.3 Å². The number of nitriles is 1. The summed E-state index contributed by atoms with van der Waals surface area (Å²) in [6.45, 7) is 2.08. The maximum atomic E-state index is 14.3. The van der Waals surface area contributed by atoms with Gasteiger partial charge in [0.05, 0.1) is 23.4 Å². The van der Waals surface area contributed by atoms with Crippen LogP contribution in [-0.2, 0) is 11.3 Å². The molecule has 106 valence electrons. The number of fused-ring (bicyclic) bond motifs is 1. The number of hydrogen-bond donors (Lipinski definition) is 1. The second-order valence-corrected chi connectivity index (χ2v) is 5.18. The molecule has 0 saturated carbocycles. The lowest BCUT2D eigenvalue weighted by atomic mass is 9.94. The molecular formula is C15H11ClFN3O. The topological polar surface area (TPSA) is 71.9 Å². The number of rotatable bonds is 1. The van der Waals surface area contributed by atoms with E-state index in [0.29, 0.717) is 16.8 Å². The van der Waals surface area contributed by atoms with E-state index in [1.54, 1.807) is 6.07 Å². The molecule has 6 heteroatoms. The Balaban J connectivity index is 2.43. The maximum absolute atomic E-state index is 14.3. The number of anilines is 1. The van der Waals surface area contributed by atoms with E-state index >= 15 is 0 Å². The number of halogens is 2. The Bertz CT molecular complexity index is 765. The van der Waals surface area contributed by atoms with Gasteiger partial charge in [0.2, 0.25) is 0 Å². The van der Waals surface area contributed by atoms with Crippen molar-refractivity contribution < 1.29 is 9.13 Å². The maximum Gasteiger partial charge on any atom is 0.142 e. The van der Waals surface area contributed by atoms with E-state index in [1.807, 2.05) is 13.0 Å². The normalized spacial score (nSPS) is 16.6. The molecule has 1 aromatic carbocycles. The molecule has 2 heterocycles. The third-order valence-corrected chi connectivity index (χ3v) is 3.86. The lowest BCUT2D eigenvalue weighted by Crippen LogP contribution is -2.05. The van der Waals surface area contributed by atoms with Crippen LogP contribution in [0.1, 0.15) is 29.8 Å². The predicted octanol–water partition coefficient (Wildman–Crippen LogP) is 3.59. The Hall–Kier alpha value is -2.16. The van der Waals surface area contributed by atoms with Gasteiger partial charge in [0, 0.05) is 16.7 Å². The van der Waals surface area contributed by atoms with Crippen molar-refractivity contribution in [1.29, 1.82) is 5.26 Å². The summed E-state index contributed by atoms with van der Waals surface area (Å²) >= 11 is 6.13. The molecule has 0 saturated heterocycles. The van der Waals surface area contributed by atoms with Crippen molar-refractivity contribution >= 4 is 17.4 Å². The average molecular weight is 304 g/mol. The number of benzene rings is 1. The first-order valence-corrected chi connectivity index (χ1v) is 6.70. The number of aromatic nitrogens is 1. The van der Waals surface area contributed by atoms with Gasteiger partial charge in [-0.05, 0) is 19.1 Å².